The van der Waals surface area contributed by atoms with Gasteiger partial charge in [0.2, 0.25) is 5.95 Å². The Morgan fingerprint density at radius 2 is 1.95 bits per heavy atom. The highest BCUT2D eigenvalue weighted by Gasteiger charge is 2.21. The fourth-order valence-electron chi connectivity index (χ4n) is 2.89. The number of hydrogen-bond donors (Lipinski definition) is 1. The van der Waals surface area contributed by atoms with Gasteiger partial charge in [-0.25, -0.2) is 9.97 Å². The van der Waals surface area contributed by atoms with E-state index in [4.69, 9.17) is 0 Å². The lowest BCUT2D eigenvalue weighted by atomic mass is 10.0. The molecule has 2 heterocycles. The van der Waals surface area contributed by atoms with E-state index in [0.29, 0.717) is 12.1 Å². The summed E-state index contributed by atoms with van der Waals surface area (Å²) in [6.07, 6.45) is 11.3. The van der Waals surface area contributed by atoms with Gasteiger partial charge in [-0.05, 0) is 32.3 Å². The number of rotatable bonds is 7. The molecule has 0 amide bonds. The molecular formula is C16H28N4. The maximum atomic E-state index is 4.33. The van der Waals surface area contributed by atoms with Crippen LogP contribution in [0.1, 0.15) is 52.4 Å². The molecule has 1 aliphatic heterocycles. The van der Waals surface area contributed by atoms with E-state index in [0.717, 1.165) is 19.0 Å². The van der Waals surface area contributed by atoms with Crippen LogP contribution in [0.15, 0.2) is 18.5 Å². The number of hydrogen-bond acceptors (Lipinski definition) is 4. The molecule has 112 valence electrons. The van der Waals surface area contributed by atoms with Crippen molar-refractivity contribution in [1.82, 2.24) is 15.3 Å². The van der Waals surface area contributed by atoms with Gasteiger partial charge in [0.25, 0.3) is 0 Å². The van der Waals surface area contributed by atoms with Crippen LogP contribution in [-0.4, -0.2) is 35.1 Å². The molecule has 1 fully saturated rings. The summed E-state index contributed by atoms with van der Waals surface area (Å²) in [6, 6.07) is 3.17. The van der Waals surface area contributed by atoms with E-state index in [1.807, 2.05) is 18.5 Å². The highest BCUT2D eigenvalue weighted by molar-refractivity contribution is 5.29. The lowest BCUT2D eigenvalue weighted by Crippen LogP contribution is -2.45. The van der Waals surface area contributed by atoms with Gasteiger partial charge in [-0.3, -0.25) is 0 Å². The third-order valence-electron chi connectivity index (χ3n) is 4.09. The molecular weight excluding hydrogens is 248 g/mol. The molecule has 0 saturated carbocycles. The van der Waals surface area contributed by atoms with Gasteiger partial charge in [0.05, 0.1) is 0 Å². The maximum Gasteiger partial charge on any atom is 0.225 e. The summed E-state index contributed by atoms with van der Waals surface area (Å²) in [5.74, 6) is 0.877. The monoisotopic (exact) mass is 276 g/mol. The molecule has 4 nitrogen and oxygen atoms in total. The fraction of sp³-hybridized carbons (Fsp3) is 0.750. The van der Waals surface area contributed by atoms with Crippen LogP contribution in [0.3, 0.4) is 0 Å². The number of piperidine rings is 1. The van der Waals surface area contributed by atoms with Crippen LogP contribution in [0.4, 0.5) is 5.95 Å². The average molecular weight is 276 g/mol. The van der Waals surface area contributed by atoms with Crippen molar-refractivity contribution in [3.8, 4) is 0 Å². The number of aromatic nitrogens is 2. The second kappa shape index (κ2) is 8.20. The summed E-state index contributed by atoms with van der Waals surface area (Å²) >= 11 is 0. The van der Waals surface area contributed by atoms with Gasteiger partial charge >= 0.3 is 0 Å². The van der Waals surface area contributed by atoms with Crippen molar-refractivity contribution in [3.63, 3.8) is 0 Å². The summed E-state index contributed by atoms with van der Waals surface area (Å²) < 4.78 is 0. The maximum absolute atomic E-state index is 4.33. The van der Waals surface area contributed by atoms with Crippen molar-refractivity contribution < 1.29 is 0 Å². The zero-order valence-electron chi connectivity index (χ0n) is 12.9. The second-order valence-corrected chi connectivity index (χ2v) is 5.87. The Labute approximate surface area is 123 Å². The van der Waals surface area contributed by atoms with Crippen molar-refractivity contribution in [2.45, 2.75) is 64.5 Å². The van der Waals surface area contributed by atoms with Crippen molar-refractivity contribution >= 4 is 5.95 Å². The first-order chi connectivity index (χ1) is 9.79. The molecule has 1 aliphatic rings. The van der Waals surface area contributed by atoms with Crippen LogP contribution >= 0.6 is 0 Å². The lowest BCUT2D eigenvalue weighted by Gasteiger charge is -2.34. The normalized spacial score (nSPS) is 18.2. The van der Waals surface area contributed by atoms with Crippen LogP contribution in [0.5, 0.6) is 0 Å². The molecule has 2 rings (SSSR count). The Kier molecular flexibility index (Phi) is 6.25. The van der Waals surface area contributed by atoms with Crippen molar-refractivity contribution in [1.29, 1.82) is 0 Å². The summed E-state index contributed by atoms with van der Waals surface area (Å²) in [6.45, 7) is 6.70. The van der Waals surface area contributed by atoms with Gasteiger partial charge in [-0.2, -0.15) is 0 Å². The molecule has 1 saturated heterocycles. The summed E-state index contributed by atoms with van der Waals surface area (Å²) in [5.41, 5.74) is 0. The van der Waals surface area contributed by atoms with E-state index < -0.39 is 0 Å². The van der Waals surface area contributed by atoms with Gasteiger partial charge in [0.15, 0.2) is 0 Å². The Balaban J connectivity index is 1.69. The second-order valence-electron chi connectivity index (χ2n) is 5.87. The van der Waals surface area contributed by atoms with E-state index in [2.05, 4.69) is 34.0 Å². The Bertz CT molecular complexity index is 360. The first-order valence-electron chi connectivity index (χ1n) is 8.07. The van der Waals surface area contributed by atoms with Crippen LogP contribution in [0, 0.1) is 0 Å². The largest absolute Gasteiger partial charge is 0.341 e. The first kappa shape index (κ1) is 15.2. The zero-order chi connectivity index (χ0) is 14.2. The van der Waals surface area contributed by atoms with Gasteiger partial charge in [0.1, 0.15) is 0 Å². The smallest absolute Gasteiger partial charge is 0.225 e. The predicted molar refractivity (Wildman–Crippen MR) is 84.0 cm³/mol. The minimum absolute atomic E-state index is 0.645. The van der Waals surface area contributed by atoms with E-state index in [1.54, 1.807) is 0 Å². The molecule has 0 spiro atoms. The van der Waals surface area contributed by atoms with Gasteiger partial charge < -0.3 is 10.2 Å². The molecule has 0 aliphatic carbocycles. The average Bonchev–Trinajstić information content (AvgIpc) is 2.49. The van der Waals surface area contributed by atoms with Crippen LogP contribution in [0.25, 0.3) is 0 Å². The van der Waals surface area contributed by atoms with Gasteiger partial charge in [-0.15, -0.1) is 0 Å². The fourth-order valence-corrected chi connectivity index (χ4v) is 2.89. The highest BCUT2D eigenvalue weighted by Crippen LogP contribution is 2.16. The van der Waals surface area contributed by atoms with Crippen molar-refractivity contribution in [2.24, 2.45) is 0 Å². The molecule has 0 bridgehead atoms. The van der Waals surface area contributed by atoms with Crippen molar-refractivity contribution in [3.05, 3.63) is 18.5 Å². The molecule has 1 aromatic heterocycles. The molecule has 1 aromatic rings. The van der Waals surface area contributed by atoms with E-state index >= 15 is 0 Å². The Morgan fingerprint density at radius 1 is 1.25 bits per heavy atom. The molecule has 1 atom stereocenters. The van der Waals surface area contributed by atoms with E-state index in [-0.39, 0.29) is 0 Å². The molecule has 20 heavy (non-hydrogen) atoms. The van der Waals surface area contributed by atoms with Crippen LogP contribution in [0.2, 0.25) is 0 Å². The number of nitrogens with zero attached hydrogens (tertiary/aromatic N) is 3. The SMILES string of the molecule is CCCCCC(C)NC1CCN(c2ncccn2)CC1. The molecule has 0 radical (unpaired) electrons. The number of unbranched alkanes of at least 4 members (excludes halogenated alkanes) is 2. The third-order valence-corrected chi connectivity index (χ3v) is 4.09. The minimum atomic E-state index is 0.645. The standard InChI is InChI=1S/C16H28N4/c1-3-4-5-7-14(2)19-15-8-12-20(13-9-15)16-17-10-6-11-18-16/h6,10-11,14-15,19H,3-5,7-9,12-13H2,1-2H3. The third kappa shape index (κ3) is 4.75. The number of anilines is 1. The van der Waals surface area contributed by atoms with Crippen molar-refractivity contribution in [2.75, 3.05) is 18.0 Å². The summed E-state index contributed by atoms with van der Waals surface area (Å²) in [4.78, 5) is 11.0. The minimum Gasteiger partial charge on any atom is -0.341 e. The van der Waals surface area contributed by atoms with Gasteiger partial charge in [0, 0.05) is 37.6 Å². The van der Waals surface area contributed by atoms with Crippen LogP contribution < -0.4 is 10.2 Å². The Hall–Kier alpha value is -1.16. The van der Waals surface area contributed by atoms with Gasteiger partial charge in [-0.1, -0.05) is 26.2 Å². The topological polar surface area (TPSA) is 41.0 Å². The first-order valence-corrected chi connectivity index (χ1v) is 8.07. The predicted octanol–water partition coefficient (Wildman–Crippen LogP) is 3.00. The zero-order valence-corrected chi connectivity index (χ0v) is 12.9. The van der Waals surface area contributed by atoms with E-state index in [1.165, 1.54) is 38.5 Å². The summed E-state index contributed by atoms with van der Waals surface area (Å²) in [5, 5.41) is 3.78. The lowest BCUT2D eigenvalue weighted by molar-refractivity contribution is 0.359. The molecule has 0 aromatic carbocycles. The Morgan fingerprint density at radius 3 is 2.60 bits per heavy atom. The molecule has 1 unspecified atom stereocenters. The molecule has 1 N–H and O–H groups in total. The number of nitrogens with one attached hydrogen (secondary N) is 1. The highest BCUT2D eigenvalue weighted by atomic mass is 15.3. The quantitative estimate of drug-likeness (QED) is 0.777. The van der Waals surface area contributed by atoms with Crippen LogP contribution in [-0.2, 0) is 0 Å². The molecule has 4 heteroatoms. The van der Waals surface area contributed by atoms with E-state index in [9.17, 15) is 0 Å². The summed E-state index contributed by atoms with van der Waals surface area (Å²) in [7, 11) is 0.